The molecular weight excluding hydrogens is 360 g/mol. The number of ether oxygens (including phenoxy) is 1. The van der Waals surface area contributed by atoms with Crippen molar-refractivity contribution in [2.45, 2.75) is 84.0 Å². The zero-order valence-corrected chi connectivity index (χ0v) is 18.7. The number of fused-ring (bicyclic) bond motifs is 1. The van der Waals surface area contributed by atoms with Crippen molar-refractivity contribution >= 4 is 5.97 Å². The number of carboxylic acids is 1. The number of hydrogen-bond acceptors (Lipinski definition) is 2. The Morgan fingerprint density at radius 2 is 2.00 bits per heavy atom. The average Bonchev–Trinajstić information content (AvgIpc) is 3.22. The number of aliphatic carboxylic acids is 1. The highest BCUT2D eigenvalue weighted by molar-refractivity contribution is 5.81. The predicted octanol–water partition coefficient (Wildman–Crippen LogP) is 6.34. The molecule has 1 aliphatic carbocycles. The minimum absolute atomic E-state index is 0.0565. The van der Waals surface area contributed by atoms with Crippen LogP contribution in [0.1, 0.15) is 83.4 Å². The fraction of sp³-hybridized carbons (Fsp3) is 0.577. The van der Waals surface area contributed by atoms with E-state index in [0.29, 0.717) is 5.92 Å². The molecule has 0 radical (unpaired) electrons. The summed E-state index contributed by atoms with van der Waals surface area (Å²) in [5, 5.41) is 8.90. The second kappa shape index (κ2) is 8.38. The van der Waals surface area contributed by atoms with Crippen LogP contribution in [0.4, 0.5) is 0 Å². The molecule has 1 saturated carbocycles. The molecule has 2 unspecified atom stereocenters. The zero-order chi connectivity index (χ0) is 21.2. The van der Waals surface area contributed by atoms with Gasteiger partial charge in [-0.25, -0.2) is 4.79 Å². The van der Waals surface area contributed by atoms with Crippen molar-refractivity contribution < 1.29 is 14.6 Å². The molecule has 1 aromatic carbocycles. The van der Waals surface area contributed by atoms with Crippen LogP contribution in [0.15, 0.2) is 35.9 Å². The van der Waals surface area contributed by atoms with E-state index in [-0.39, 0.29) is 10.8 Å². The van der Waals surface area contributed by atoms with Gasteiger partial charge < -0.3 is 9.84 Å². The van der Waals surface area contributed by atoms with Crippen LogP contribution in [-0.4, -0.2) is 17.7 Å². The highest BCUT2D eigenvalue weighted by atomic mass is 16.5. The van der Waals surface area contributed by atoms with E-state index in [4.69, 9.17) is 9.84 Å². The number of hydrogen-bond donors (Lipinski definition) is 1. The molecule has 0 aromatic heterocycles. The van der Waals surface area contributed by atoms with Crippen molar-refractivity contribution in [2.24, 2.45) is 5.92 Å². The van der Waals surface area contributed by atoms with Crippen LogP contribution in [-0.2, 0) is 22.0 Å². The lowest BCUT2D eigenvalue weighted by atomic mass is 9.81. The lowest BCUT2D eigenvalue weighted by Crippen LogP contribution is -2.18. The maximum Gasteiger partial charge on any atom is 0.328 e. The quantitative estimate of drug-likeness (QED) is 0.301. The first kappa shape index (κ1) is 21.7. The van der Waals surface area contributed by atoms with E-state index in [9.17, 15) is 4.79 Å². The Kier molecular flexibility index (Phi) is 6.26. The zero-order valence-electron chi connectivity index (χ0n) is 18.7. The highest BCUT2D eigenvalue weighted by Crippen LogP contribution is 2.56. The normalized spacial score (nSPS) is 25.1. The molecule has 2 atom stereocenters. The SMILES string of the molecule is CCCCCCc1cc(C2(C)CC2/C=C/C(C)=C/C(=O)O)cc2c1OCC2(C)C. The molecule has 0 amide bonds. The number of aryl methyl sites for hydroxylation is 1. The van der Waals surface area contributed by atoms with E-state index in [2.05, 4.69) is 45.9 Å². The monoisotopic (exact) mass is 396 g/mol. The van der Waals surface area contributed by atoms with Gasteiger partial charge >= 0.3 is 5.97 Å². The van der Waals surface area contributed by atoms with Gasteiger partial charge in [-0.3, -0.25) is 0 Å². The fourth-order valence-corrected chi connectivity index (χ4v) is 4.47. The molecule has 158 valence electrons. The van der Waals surface area contributed by atoms with Crippen LogP contribution < -0.4 is 4.74 Å². The lowest BCUT2D eigenvalue weighted by Gasteiger charge is -2.20. The summed E-state index contributed by atoms with van der Waals surface area (Å²) in [6, 6.07) is 4.77. The molecule has 1 aromatic rings. The van der Waals surface area contributed by atoms with Crippen LogP contribution in [0.5, 0.6) is 5.75 Å². The lowest BCUT2D eigenvalue weighted by molar-refractivity contribution is -0.131. The summed E-state index contributed by atoms with van der Waals surface area (Å²) < 4.78 is 6.16. The summed E-state index contributed by atoms with van der Waals surface area (Å²) in [5.41, 5.74) is 5.12. The molecular formula is C26H36O3. The maximum atomic E-state index is 10.8. The van der Waals surface area contributed by atoms with E-state index in [1.165, 1.54) is 48.4 Å². The summed E-state index contributed by atoms with van der Waals surface area (Å²) in [6.07, 6.45) is 12.6. The number of unbranched alkanes of at least 4 members (excludes halogenated alkanes) is 3. The van der Waals surface area contributed by atoms with E-state index in [1.54, 1.807) is 0 Å². The largest absolute Gasteiger partial charge is 0.492 e. The number of rotatable bonds is 9. The first-order valence-corrected chi connectivity index (χ1v) is 11.1. The molecule has 0 bridgehead atoms. The second-order valence-corrected chi connectivity index (χ2v) is 9.81. The third kappa shape index (κ3) is 4.76. The Bertz CT molecular complexity index is 831. The van der Waals surface area contributed by atoms with E-state index < -0.39 is 5.97 Å². The molecule has 0 spiro atoms. The van der Waals surface area contributed by atoms with Gasteiger partial charge in [0.1, 0.15) is 5.75 Å². The Hall–Kier alpha value is -2.03. The molecule has 2 aliphatic rings. The number of allylic oxidation sites excluding steroid dienone is 3. The topological polar surface area (TPSA) is 46.5 Å². The van der Waals surface area contributed by atoms with E-state index >= 15 is 0 Å². The van der Waals surface area contributed by atoms with Gasteiger partial charge in [0.15, 0.2) is 0 Å². The Labute approximate surface area is 175 Å². The average molecular weight is 397 g/mol. The van der Waals surface area contributed by atoms with Crippen LogP contribution >= 0.6 is 0 Å². The Balaban J connectivity index is 1.84. The number of carbonyl (C=O) groups is 1. The van der Waals surface area contributed by atoms with Gasteiger partial charge in [-0.1, -0.05) is 71.2 Å². The molecule has 3 heteroatoms. The minimum atomic E-state index is -0.890. The molecule has 1 aliphatic heterocycles. The molecule has 29 heavy (non-hydrogen) atoms. The van der Waals surface area contributed by atoms with Gasteiger partial charge in [0.2, 0.25) is 0 Å². The summed E-state index contributed by atoms with van der Waals surface area (Å²) in [6.45, 7) is 11.7. The highest BCUT2D eigenvalue weighted by Gasteiger charge is 2.50. The molecule has 0 saturated heterocycles. The molecule has 1 heterocycles. The van der Waals surface area contributed by atoms with Crippen molar-refractivity contribution in [3.8, 4) is 5.75 Å². The summed E-state index contributed by atoms with van der Waals surface area (Å²) in [5.74, 6) is 0.696. The van der Waals surface area contributed by atoms with Crippen molar-refractivity contribution in [2.75, 3.05) is 6.61 Å². The van der Waals surface area contributed by atoms with Crippen LogP contribution in [0.3, 0.4) is 0 Å². The van der Waals surface area contributed by atoms with Crippen molar-refractivity contribution in [1.29, 1.82) is 0 Å². The first-order chi connectivity index (χ1) is 13.7. The van der Waals surface area contributed by atoms with Crippen molar-refractivity contribution in [3.63, 3.8) is 0 Å². The minimum Gasteiger partial charge on any atom is -0.492 e. The smallest absolute Gasteiger partial charge is 0.328 e. The molecule has 1 fully saturated rings. The van der Waals surface area contributed by atoms with Crippen molar-refractivity contribution in [3.05, 3.63) is 52.6 Å². The molecule has 3 nitrogen and oxygen atoms in total. The van der Waals surface area contributed by atoms with Crippen LogP contribution in [0.25, 0.3) is 0 Å². The van der Waals surface area contributed by atoms with E-state index in [0.717, 1.165) is 30.8 Å². The fourth-order valence-electron chi connectivity index (χ4n) is 4.47. The van der Waals surface area contributed by atoms with E-state index in [1.807, 2.05) is 13.0 Å². The molecule has 3 rings (SSSR count). The van der Waals surface area contributed by atoms with Gasteiger partial charge in [0.25, 0.3) is 0 Å². The Morgan fingerprint density at radius 1 is 1.24 bits per heavy atom. The van der Waals surface area contributed by atoms with Gasteiger partial charge in [-0.2, -0.15) is 0 Å². The van der Waals surface area contributed by atoms with Crippen molar-refractivity contribution in [1.82, 2.24) is 0 Å². The first-order valence-electron chi connectivity index (χ1n) is 11.1. The predicted molar refractivity (Wildman–Crippen MR) is 119 cm³/mol. The summed E-state index contributed by atoms with van der Waals surface area (Å²) in [4.78, 5) is 10.8. The van der Waals surface area contributed by atoms with Crippen LogP contribution in [0.2, 0.25) is 0 Å². The van der Waals surface area contributed by atoms with Gasteiger partial charge in [0, 0.05) is 17.1 Å². The van der Waals surface area contributed by atoms with Gasteiger partial charge in [0.05, 0.1) is 6.61 Å². The Morgan fingerprint density at radius 3 is 2.69 bits per heavy atom. The maximum absolute atomic E-state index is 10.8. The second-order valence-electron chi connectivity index (χ2n) is 9.81. The van der Waals surface area contributed by atoms with Gasteiger partial charge in [-0.15, -0.1) is 0 Å². The summed E-state index contributed by atoms with van der Waals surface area (Å²) in [7, 11) is 0. The standard InChI is InChI=1S/C26H36O3/c1-6-7-8-9-10-19-14-21(15-22-24(19)29-17-25(22,3)4)26(5)16-20(26)12-11-18(2)13-23(27)28/h11-15,20H,6-10,16-17H2,1-5H3,(H,27,28)/b12-11+,18-13+. The van der Waals surface area contributed by atoms with Crippen LogP contribution in [0, 0.1) is 5.92 Å². The molecule has 1 N–H and O–H groups in total. The third-order valence-corrected chi connectivity index (χ3v) is 6.68. The number of carboxylic acid groups (broad SMARTS) is 1. The number of benzene rings is 1. The van der Waals surface area contributed by atoms with Gasteiger partial charge in [-0.05, 0) is 54.2 Å². The summed E-state index contributed by atoms with van der Waals surface area (Å²) >= 11 is 0. The third-order valence-electron chi connectivity index (χ3n) is 6.68.